The van der Waals surface area contributed by atoms with E-state index >= 15 is 0 Å². The molecule has 1 heterocycles. The number of hydrogen-bond donors (Lipinski definition) is 4. The highest BCUT2D eigenvalue weighted by Crippen LogP contribution is 2.37. The van der Waals surface area contributed by atoms with Gasteiger partial charge in [0.2, 0.25) is 21.8 Å². The number of sulfonamides is 1. The maximum atomic E-state index is 12.4. The van der Waals surface area contributed by atoms with Crippen LogP contribution in [0.1, 0.15) is 24.2 Å². The summed E-state index contributed by atoms with van der Waals surface area (Å²) >= 11 is 0. The summed E-state index contributed by atoms with van der Waals surface area (Å²) in [4.78, 5) is 26.4. The number of amides is 1. The quantitative estimate of drug-likeness (QED) is 0.310. The topological polar surface area (TPSA) is 190 Å². The Morgan fingerprint density at radius 2 is 1.78 bits per heavy atom. The van der Waals surface area contributed by atoms with Crippen LogP contribution in [0.2, 0.25) is 0 Å². The van der Waals surface area contributed by atoms with Gasteiger partial charge in [-0.25, -0.2) is 18.4 Å². The summed E-state index contributed by atoms with van der Waals surface area (Å²) in [5.41, 5.74) is 5.31. The number of fused-ring (bicyclic) bond motifs is 1. The number of carbonyl (C=O) groups is 2. The highest BCUT2D eigenvalue weighted by atomic mass is 32.2. The number of aromatic hydroxyl groups is 1. The van der Waals surface area contributed by atoms with Crippen LogP contribution >= 0.6 is 0 Å². The molecule has 0 fully saturated rings. The van der Waals surface area contributed by atoms with Gasteiger partial charge in [-0.2, -0.15) is 5.11 Å². The largest absolute Gasteiger partial charge is 0.493 e. The highest BCUT2D eigenvalue weighted by molar-refractivity contribution is 7.89. The standard InChI is InChI=1S/C20H21N5O6S/c1-20(2,19(21)28)10-31-18(27)11-3-8-15-14(9-11)16(17(26)23-15)25-24-12-4-6-13(7-5-12)32(22,29)30/h3-9,23,26H,10H2,1-2H3,(H2,21,28)(H2,22,29,30). The van der Waals surface area contributed by atoms with Crippen molar-refractivity contribution in [1.29, 1.82) is 0 Å². The van der Waals surface area contributed by atoms with Gasteiger partial charge in [-0.3, -0.25) is 4.79 Å². The average molecular weight is 459 g/mol. The van der Waals surface area contributed by atoms with Gasteiger partial charge in [0.25, 0.3) is 0 Å². The molecule has 1 amide bonds. The molecule has 3 aromatic rings. The molecule has 6 N–H and O–H groups in total. The molecule has 168 valence electrons. The van der Waals surface area contributed by atoms with E-state index in [9.17, 15) is 23.1 Å². The number of esters is 1. The lowest BCUT2D eigenvalue weighted by Crippen LogP contribution is -2.36. The zero-order valence-electron chi connectivity index (χ0n) is 17.2. The molecule has 0 bridgehead atoms. The molecule has 0 spiro atoms. The van der Waals surface area contributed by atoms with E-state index in [-0.39, 0.29) is 28.6 Å². The number of nitrogens with one attached hydrogen (secondary N) is 1. The Kier molecular flexibility index (Phi) is 6.01. The molecule has 0 saturated carbocycles. The molecule has 11 nitrogen and oxygen atoms in total. The molecular weight excluding hydrogens is 438 g/mol. The van der Waals surface area contributed by atoms with E-state index in [0.717, 1.165) is 0 Å². The average Bonchev–Trinajstić information content (AvgIpc) is 3.04. The van der Waals surface area contributed by atoms with Gasteiger partial charge in [-0.1, -0.05) is 0 Å². The Morgan fingerprint density at radius 3 is 2.38 bits per heavy atom. The summed E-state index contributed by atoms with van der Waals surface area (Å²) in [5, 5.41) is 23.7. The Bertz CT molecular complexity index is 1330. The predicted molar refractivity (Wildman–Crippen MR) is 115 cm³/mol. The van der Waals surface area contributed by atoms with Gasteiger partial charge in [-0.05, 0) is 56.3 Å². The number of primary amides is 1. The normalized spacial score (nSPS) is 12.3. The van der Waals surface area contributed by atoms with E-state index in [1.807, 2.05) is 0 Å². The van der Waals surface area contributed by atoms with E-state index in [4.69, 9.17) is 15.6 Å². The van der Waals surface area contributed by atoms with Crippen LogP contribution in [0.15, 0.2) is 57.6 Å². The first kappa shape index (κ1) is 22.9. The number of rotatable bonds is 7. The monoisotopic (exact) mass is 459 g/mol. The molecule has 0 atom stereocenters. The van der Waals surface area contributed by atoms with Gasteiger partial charge in [0.15, 0.2) is 5.69 Å². The van der Waals surface area contributed by atoms with Crippen LogP contribution < -0.4 is 10.9 Å². The van der Waals surface area contributed by atoms with Crippen molar-refractivity contribution in [3.63, 3.8) is 0 Å². The first-order valence-corrected chi connectivity index (χ1v) is 10.8. The van der Waals surface area contributed by atoms with Crippen molar-refractivity contribution in [2.24, 2.45) is 26.5 Å². The smallest absolute Gasteiger partial charge is 0.338 e. The second-order valence-electron chi connectivity index (χ2n) is 7.65. The van der Waals surface area contributed by atoms with Gasteiger partial charge in [0.05, 0.1) is 27.1 Å². The fourth-order valence-corrected chi connectivity index (χ4v) is 3.12. The number of azo groups is 1. The number of ether oxygens (including phenoxy) is 1. The number of primary sulfonamides is 1. The lowest BCUT2D eigenvalue weighted by Gasteiger charge is -2.19. The minimum Gasteiger partial charge on any atom is -0.493 e. The number of aromatic amines is 1. The van der Waals surface area contributed by atoms with Gasteiger partial charge in [-0.15, -0.1) is 5.11 Å². The predicted octanol–water partition coefficient (Wildman–Crippen LogP) is 2.60. The summed E-state index contributed by atoms with van der Waals surface area (Å²) in [6, 6.07) is 9.87. The molecule has 0 unspecified atom stereocenters. The molecule has 0 aliphatic carbocycles. The van der Waals surface area contributed by atoms with Gasteiger partial charge in [0, 0.05) is 5.39 Å². The van der Waals surface area contributed by atoms with Crippen LogP contribution in [0.5, 0.6) is 5.88 Å². The van der Waals surface area contributed by atoms with Crippen molar-refractivity contribution in [3.8, 4) is 5.88 Å². The fraction of sp³-hybridized carbons (Fsp3) is 0.200. The van der Waals surface area contributed by atoms with Crippen molar-refractivity contribution in [2.45, 2.75) is 18.7 Å². The van der Waals surface area contributed by atoms with Crippen LogP contribution in [0.3, 0.4) is 0 Å². The zero-order valence-corrected chi connectivity index (χ0v) is 18.0. The minimum atomic E-state index is -3.83. The van der Waals surface area contributed by atoms with Crippen molar-refractivity contribution in [1.82, 2.24) is 4.98 Å². The van der Waals surface area contributed by atoms with Gasteiger partial charge in [0.1, 0.15) is 6.61 Å². The van der Waals surface area contributed by atoms with E-state index in [0.29, 0.717) is 16.6 Å². The third-order valence-electron chi connectivity index (χ3n) is 4.65. The molecule has 12 heteroatoms. The minimum absolute atomic E-state index is 0.0719. The third kappa shape index (κ3) is 4.92. The molecule has 2 aromatic carbocycles. The molecule has 0 radical (unpaired) electrons. The lowest BCUT2D eigenvalue weighted by atomic mass is 9.94. The summed E-state index contributed by atoms with van der Waals surface area (Å²) in [7, 11) is -3.83. The number of carbonyl (C=O) groups excluding carboxylic acids is 2. The van der Waals surface area contributed by atoms with E-state index in [1.54, 1.807) is 19.9 Å². The molecule has 0 aliphatic heterocycles. The Balaban J connectivity index is 1.87. The second-order valence-corrected chi connectivity index (χ2v) is 9.21. The van der Waals surface area contributed by atoms with Gasteiger partial charge < -0.3 is 20.6 Å². The number of nitrogens with two attached hydrogens (primary N) is 2. The zero-order chi connectivity index (χ0) is 23.7. The van der Waals surface area contributed by atoms with Crippen molar-refractivity contribution < 1.29 is 27.9 Å². The second kappa shape index (κ2) is 8.40. The lowest BCUT2D eigenvalue weighted by molar-refractivity contribution is -0.127. The number of nitrogens with zero attached hydrogens (tertiary/aromatic N) is 2. The summed E-state index contributed by atoms with van der Waals surface area (Å²) in [6.45, 7) is 2.92. The first-order chi connectivity index (χ1) is 14.9. The third-order valence-corrected chi connectivity index (χ3v) is 5.58. The van der Waals surface area contributed by atoms with E-state index in [1.165, 1.54) is 36.4 Å². The molecule has 32 heavy (non-hydrogen) atoms. The first-order valence-electron chi connectivity index (χ1n) is 9.25. The summed E-state index contributed by atoms with van der Waals surface area (Å²) < 4.78 is 27.8. The van der Waals surface area contributed by atoms with Crippen LogP contribution in [-0.2, 0) is 19.6 Å². The van der Waals surface area contributed by atoms with Crippen molar-refractivity contribution in [2.75, 3.05) is 6.61 Å². The summed E-state index contributed by atoms with van der Waals surface area (Å²) in [5.74, 6) is -1.55. The summed E-state index contributed by atoms with van der Waals surface area (Å²) in [6.07, 6.45) is 0. The molecular formula is C20H21N5O6S. The number of aromatic nitrogens is 1. The molecule has 3 rings (SSSR count). The van der Waals surface area contributed by atoms with Crippen LogP contribution in [0.25, 0.3) is 10.9 Å². The number of benzene rings is 2. The maximum Gasteiger partial charge on any atom is 0.338 e. The highest BCUT2D eigenvalue weighted by Gasteiger charge is 2.27. The van der Waals surface area contributed by atoms with Crippen LogP contribution in [-0.4, -0.2) is 37.0 Å². The van der Waals surface area contributed by atoms with Crippen LogP contribution in [0.4, 0.5) is 11.4 Å². The Labute approximate surface area is 183 Å². The Hall–Kier alpha value is -3.77. The Morgan fingerprint density at radius 1 is 1.12 bits per heavy atom. The van der Waals surface area contributed by atoms with Crippen molar-refractivity contribution >= 4 is 44.2 Å². The van der Waals surface area contributed by atoms with Crippen LogP contribution in [0, 0.1) is 5.41 Å². The fourth-order valence-electron chi connectivity index (χ4n) is 2.60. The van der Waals surface area contributed by atoms with Crippen molar-refractivity contribution in [3.05, 3.63) is 48.0 Å². The number of H-pyrrole nitrogens is 1. The molecule has 1 aromatic heterocycles. The maximum absolute atomic E-state index is 12.4. The van der Waals surface area contributed by atoms with Gasteiger partial charge >= 0.3 is 5.97 Å². The number of hydrogen-bond acceptors (Lipinski definition) is 8. The molecule has 0 aliphatic rings. The molecule has 0 saturated heterocycles. The van der Waals surface area contributed by atoms with E-state index in [2.05, 4.69) is 15.2 Å². The SMILES string of the molecule is CC(C)(COC(=O)c1ccc2[nH]c(O)c(N=Nc3ccc(S(N)(=O)=O)cc3)c2c1)C(N)=O. The van der Waals surface area contributed by atoms with E-state index < -0.39 is 27.3 Å².